The third-order valence-electron chi connectivity index (χ3n) is 6.35. The van der Waals surface area contributed by atoms with Crippen LogP contribution in [0.3, 0.4) is 0 Å². The lowest BCUT2D eigenvalue weighted by atomic mass is 9.92. The normalized spacial score (nSPS) is 12.9. The second-order valence-electron chi connectivity index (χ2n) is 9.57. The minimum Gasteiger partial charge on any atom is -0.496 e. The molecule has 3 aromatic carbocycles. The summed E-state index contributed by atoms with van der Waals surface area (Å²) in [7, 11) is 1.40. The highest BCUT2D eigenvalue weighted by Crippen LogP contribution is 2.39. The van der Waals surface area contributed by atoms with Crippen LogP contribution in [0.5, 0.6) is 5.75 Å². The van der Waals surface area contributed by atoms with E-state index in [9.17, 15) is 39.9 Å². The van der Waals surface area contributed by atoms with Crippen molar-refractivity contribution in [1.29, 1.82) is 0 Å². The van der Waals surface area contributed by atoms with E-state index in [0.29, 0.717) is 29.0 Å². The summed E-state index contributed by atoms with van der Waals surface area (Å²) in [6, 6.07) is 9.96. The number of nitrogens with one attached hydrogen (secondary N) is 1. The first-order valence-corrected chi connectivity index (χ1v) is 12.3. The quantitative estimate of drug-likeness (QED) is 0.266. The molecule has 0 fully saturated rings. The van der Waals surface area contributed by atoms with Crippen LogP contribution in [-0.4, -0.2) is 13.2 Å². The van der Waals surface area contributed by atoms with Crippen molar-refractivity contribution in [3.63, 3.8) is 0 Å². The van der Waals surface area contributed by atoms with E-state index in [1.165, 1.54) is 20.1 Å². The second kappa shape index (κ2) is 12.4. The minimum atomic E-state index is -4.92. The molecule has 0 radical (unpaired) electrons. The molecule has 1 amide bonds. The number of carbonyl (C=O) groups is 1. The Hall–Kier alpha value is -3.83. The molecular weight excluding hydrogens is 562 g/mol. The van der Waals surface area contributed by atoms with Gasteiger partial charge in [0.2, 0.25) is 0 Å². The smallest absolute Gasteiger partial charge is 0.416 e. The van der Waals surface area contributed by atoms with Crippen molar-refractivity contribution in [2.75, 3.05) is 7.11 Å². The SMILES string of the molecule is COc1ccc(C(C)C)cc1-c1ccc(C(F)(F)F)cc1CNC(=O)OC(C)c1cc(C(F)F)cc(C(F)(F)F)c1. The van der Waals surface area contributed by atoms with Crippen LogP contribution < -0.4 is 10.1 Å². The highest BCUT2D eigenvalue weighted by molar-refractivity contribution is 5.75. The molecule has 0 heterocycles. The number of alkyl halides is 8. The summed E-state index contributed by atoms with van der Waals surface area (Å²) >= 11 is 0. The number of rotatable bonds is 8. The number of halogens is 8. The molecule has 1 N–H and O–H groups in total. The van der Waals surface area contributed by atoms with Crippen molar-refractivity contribution in [2.24, 2.45) is 0 Å². The maximum Gasteiger partial charge on any atom is 0.416 e. The van der Waals surface area contributed by atoms with Crippen LogP contribution in [0.4, 0.5) is 39.9 Å². The number of alkyl carbamates (subject to hydrolysis) is 1. The minimum absolute atomic E-state index is 0.0580. The van der Waals surface area contributed by atoms with Gasteiger partial charge in [-0.2, -0.15) is 26.3 Å². The van der Waals surface area contributed by atoms with Crippen molar-refractivity contribution in [3.05, 3.63) is 88.0 Å². The topological polar surface area (TPSA) is 47.6 Å². The lowest BCUT2D eigenvalue weighted by molar-refractivity contribution is -0.138. The van der Waals surface area contributed by atoms with E-state index in [-0.39, 0.29) is 17.0 Å². The van der Waals surface area contributed by atoms with Gasteiger partial charge in [-0.15, -0.1) is 0 Å². The molecule has 4 nitrogen and oxygen atoms in total. The van der Waals surface area contributed by atoms with Crippen molar-refractivity contribution in [3.8, 4) is 16.9 Å². The fourth-order valence-electron chi connectivity index (χ4n) is 4.11. The summed E-state index contributed by atoms with van der Waals surface area (Å²) in [5, 5.41) is 2.31. The molecule has 12 heteroatoms. The summed E-state index contributed by atoms with van der Waals surface area (Å²) in [5.41, 5.74) is -1.79. The predicted octanol–water partition coefficient (Wildman–Crippen LogP) is 9.45. The molecule has 0 aliphatic carbocycles. The fourth-order valence-corrected chi connectivity index (χ4v) is 4.11. The molecular formula is C29H27F8NO3. The first kappa shape index (κ1) is 31.7. The standard InChI is InChI=1S/C29H27F8NO3/c1-15(2)17-5-8-25(40-4)24(13-17)23-7-6-21(28(32,33)34)12-20(23)14-38-27(39)41-16(3)18-9-19(26(30)31)11-22(10-18)29(35,36)37/h5-13,15-16,26H,14H2,1-4H3,(H,38,39). The molecule has 3 rings (SSSR count). The van der Waals surface area contributed by atoms with Crippen LogP contribution in [0.1, 0.15) is 72.6 Å². The summed E-state index contributed by atoms with van der Waals surface area (Å²) in [6.07, 6.45) is -15.4. The third-order valence-corrected chi connectivity index (χ3v) is 6.35. The zero-order chi connectivity index (χ0) is 30.7. The van der Waals surface area contributed by atoms with Crippen LogP contribution in [0.25, 0.3) is 11.1 Å². The van der Waals surface area contributed by atoms with Crippen LogP contribution >= 0.6 is 0 Å². The number of carbonyl (C=O) groups excluding carboxylic acids is 1. The van der Waals surface area contributed by atoms with Gasteiger partial charge in [-0.05, 0) is 77.6 Å². The van der Waals surface area contributed by atoms with Crippen LogP contribution in [0.2, 0.25) is 0 Å². The molecule has 0 saturated carbocycles. The number of benzene rings is 3. The van der Waals surface area contributed by atoms with Crippen molar-refractivity contribution < 1.29 is 49.4 Å². The Bertz CT molecular complexity index is 1380. The number of ether oxygens (including phenoxy) is 2. The number of methoxy groups -OCH3 is 1. The molecule has 0 aliphatic rings. The molecule has 0 spiro atoms. The first-order chi connectivity index (χ1) is 19.0. The monoisotopic (exact) mass is 589 g/mol. The van der Waals surface area contributed by atoms with Crippen LogP contribution in [0.15, 0.2) is 54.6 Å². The third kappa shape index (κ3) is 7.89. The van der Waals surface area contributed by atoms with E-state index in [1.54, 1.807) is 12.1 Å². The lowest BCUT2D eigenvalue weighted by Crippen LogP contribution is -2.25. The number of hydrogen-bond donors (Lipinski definition) is 1. The van der Waals surface area contributed by atoms with Crippen molar-refractivity contribution in [2.45, 2.75) is 58.1 Å². The molecule has 0 aromatic heterocycles. The maximum absolute atomic E-state index is 13.5. The zero-order valence-corrected chi connectivity index (χ0v) is 22.4. The van der Waals surface area contributed by atoms with Gasteiger partial charge in [-0.1, -0.05) is 26.0 Å². The van der Waals surface area contributed by atoms with Crippen molar-refractivity contribution in [1.82, 2.24) is 5.32 Å². The summed E-state index contributed by atoms with van der Waals surface area (Å²) < 4.78 is 117. The van der Waals surface area contributed by atoms with E-state index in [2.05, 4.69) is 5.32 Å². The van der Waals surface area contributed by atoms with Crippen LogP contribution in [-0.2, 0) is 23.6 Å². The van der Waals surface area contributed by atoms with Gasteiger partial charge < -0.3 is 14.8 Å². The average Bonchev–Trinajstić information content (AvgIpc) is 2.90. The summed E-state index contributed by atoms with van der Waals surface area (Å²) in [5.74, 6) is 0.472. The second-order valence-corrected chi connectivity index (χ2v) is 9.57. The fraction of sp³-hybridized carbons (Fsp3) is 0.345. The maximum atomic E-state index is 13.5. The highest BCUT2D eigenvalue weighted by atomic mass is 19.4. The highest BCUT2D eigenvalue weighted by Gasteiger charge is 2.33. The van der Waals surface area contributed by atoms with E-state index in [0.717, 1.165) is 23.8 Å². The Morgan fingerprint density at radius 3 is 1.98 bits per heavy atom. The molecule has 0 bridgehead atoms. The summed E-state index contributed by atoms with van der Waals surface area (Å²) in [6.45, 7) is 4.60. The first-order valence-electron chi connectivity index (χ1n) is 12.3. The molecule has 222 valence electrons. The molecule has 0 saturated heterocycles. The van der Waals surface area contributed by atoms with Crippen molar-refractivity contribution >= 4 is 6.09 Å². The Labute approximate surface area is 231 Å². The lowest BCUT2D eigenvalue weighted by Gasteiger charge is -2.19. The van der Waals surface area contributed by atoms with Gasteiger partial charge in [-0.3, -0.25) is 0 Å². The van der Waals surface area contributed by atoms with Gasteiger partial charge in [0.25, 0.3) is 6.43 Å². The Morgan fingerprint density at radius 1 is 0.780 bits per heavy atom. The van der Waals surface area contributed by atoms with Gasteiger partial charge in [0.1, 0.15) is 11.9 Å². The Morgan fingerprint density at radius 2 is 1.41 bits per heavy atom. The van der Waals surface area contributed by atoms with Crippen LogP contribution in [0, 0.1) is 0 Å². The molecule has 41 heavy (non-hydrogen) atoms. The zero-order valence-electron chi connectivity index (χ0n) is 22.4. The average molecular weight is 590 g/mol. The Balaban J connectivity index is 1.91. The largest absolute Gasteiger partial charge is 0.496 e. The summed E-state index contributed by atoms with van der Waals surface area (Å²) in [4.78, 5) is 12.5. The number of amides is 1. The van der Waals surface area contributed by atoms with Gasteiger partial charge >= 0.3 is 18.4 Å². The Kier molecular flexibility index (Phi) is 9.55. The van der Waals surface area contributed by atoms with Gasteiger partial charge in [0, 0.05) is 17.7 Å². The predicted molar refractivity (Wildman–Crippen MR) is 136 cm³/mol. The molecule has 0 aliphatic heterocycles. The molecule has 1 atom stereocenters. The van der Waals surface area contributed by atoms with Gasteiger partial charge in [-0.25, -0.2) is 13.6 Å². The van der Waals surface area contributed by atoms with Gasteiger partial charge in [0.05, 0.1) is 18.2 Å². The number of hydrogen-bond acceptors (Lipinski definition) is 3. The van der Waals surface area contributed by atoms with E-state index in [1.807, 2.05) is 19.9 Å². The molecule has 1 unspecified atom stereocenters. The molecule has 3 aromatic rings. The van der Waals surface area contributed by atoms with E-state index in [4.69, 9.17) is 9.47 Å². The van der Waals surface area contributed by atoms with E-state index < -0.39 is 54.2 Å². The van der Waals surface area contributed by atoms with E-state index >= 15 is 0 Å². The van der Waals surface area contributed by atoms with Gasteiger partial charge in [0.15, 0.2) is 0 Å².